The minimum atomic E-state index is -0.942. The number of nitrogens with one attached hydrogen (secondary N) is 1. The number of rotatable bonds is 4. The number of carbonyl (C=O) groups excluding carboxylic acids is 1. The van der Waals surface area contributed by atoms with Crippen LogP contribution in [0.4, 0.5) is 0 Å². The third-order valence-corrected chi connectivity index (χ3v) is 2.96. The van der Waals surface area contributed by atoms with Crippen molar-refractivity contribution >= 4 is 11.9 Å². The average Bonchev–Trinajstić information content (AvgIpc) is 2.72. The van der Waals surface area contributed by atoms with Gasteiger partial charge in [0.15, 0.2) is 0 Å². The van der Waals surface area contributed by atoms with Crippen LogP contribution in [-0.2, 0) is 4.79 Å². The lowest BCUT2D eigenvalue weighted by Gasteiger charge is -2.12. The molecule has 2 N–H and O–H groups in total. The number of carboxylic acid groups (broad SMARTS) is 1. The zero-order valence-electron chi connectivity index (χ0n) is 10.1. The second-order valence-electron chi connectivity index (χ2n) is 4.40. The molecule has 1 aliphatic rings. The molecule has 0 aromatic heterocycles. The number of hydrogen-bond acceptors (Lipinski definition) is 3. The molecule has 1 saturated heterocycles. The first-order valence-electron chi connectivity index (χ1n) is 5.82. The summed E-state index contributed by atoms with van der Waals surface area (Å²) >= 11 is 0. The van der Waals surface area contributed by atoms with E-state index in [1.165, 1.54) is 6.07 Å². The van der Waals surface area contributed by atoms with Crippen molar-refractivity contribution in [1.82, 2.24) is 5.32 Å². The van der Waals surface area contributed by atoms with Crippen LogP contribution in [0.2, 0.25) is 0 Å². The van der Waals surface area contributed by atoms with Gasteiger partial charge in [-0.1, -0.05) is 0 Å². The van der Waals surface area contributed by atoms with Crippen molar-refractivity contribution in [3.63, 3.8) is 0 Å². The summed E-state index contributed by atoms with van der Waals surface area (Å²) in [4.78, 5) is 21.9. The van der Waals surface area contributed by atoms with E-state index in [9.17, 15) is 9.59 Å². The van der Waals surface area contributed by atoms with Gasteiger partial charge in [0.1, 0.15) is 12.4 Å². The van der Waals surface area contributed by atoms with E-state index in [1.54, 1.807) is 19.1 Å². The minimum Gasteiger partial charge on any atom is -0.491 e. The van der Waals surface area contributed by atoms with Crippen LogP contribution >= 0.6 is 0 Å². The molecule has 1 aliphatic heterocycles. The number of aryl methyl sites for hydroxylation is 1. The Bertz CT molecular complexity index is 484. The molecule has 1 atom stereocenters. The van der Waals surface area contributed by atoms with Crippen LogP contribution in [0, 0.1) is 6.92 Å². The predicted molar refractivity (Wildman–Crippen MR) is 64.8 cm³/mol. The highest BCUT2D eigenvalue weighted by molar-refractivity contribution is 5.89. The lowest BCUT2D eigenvalue weighted by molar-refractivity contribution is -0.119. The van der Waals surface area contributed by atoms with Crippen LogP contribution < -0.4 is 10.1 Å². The van der Waals surface area contributed by atoms with E-state index in [-0.39, 0.29) is 17.5 Å². The summed E-state index contributed by atoms with van der Waals surface area (Å²) < 4.78 is 5.55. The Morgan fingerprint density at radius 3 is 2.89 bits per heavy atom. The van der Waals surface area contributed by atoms with E-state index in [0.717, 1.165) is 6.42 Å². The maximum atomic E-state index is 11.0. The molecule has 5 nitrogen and oxygen atoms in total. The summed E-state index contributed by atoms with van der Waals surface area (Å²) in [5.41, 5.74) is 0.937. The van der Waals surface area contributed by atoms with Crippen molar-refractivity contribution in [3.05, 3.63) is 29.3 Å². The molecule has 1 heterocycles. The highest BCUT2D eigenvalue weighted by atomic mass is 16.5. The van der Waals surface area contributed by atoms with Crippen molar-refractivity contribution in [2.24, 2.45) is 0 Å². The molecule has 1 fully saturated rings. The predicted octanol–water partition coefficient (Wildman–Crippen LogP) is 1.35. The van der Waals surface area contributed by atoms with Gasteiger partial charge in [-0.15, -0.1) is 0 Å². The van der Waals surface area contributed by atoms with Crippen LogP contribution in [0.25, 0.3) is 0 Å². The molecule has 0 saturated carbocycles. The van der Waals surface area contributed by atoms with E-state index in [4.69, 9.17) is 9.84 Å². The fourth-order valence-electron chi connectivity index (χ4n) is 1.97. The monoisotopic (exact) mass is 249 g/mol. The summed E-state index contributed by atoms with van der Waals surface area (Å²) in [5, 5.41) is 11.7. The Balaban J connectivity index is 1.96. The molecule has 96 valence electrons. The van der Waals surface area contributed by atoms with Gasteiger partial charge in [-0.2, -0.15) is 0 Å². The maximum Gasteiger partial charge on any atom is 0.335 e. The van der Waals surface area contributed by atoms with Gasteiger partial charge in [-0.05, 0) is 37.1 Å². The SMILES string of the molecule is Cc1cc(OCC2CCC(=O)N2)ccc1C(=O)O. The topological polar surface area (TPSA) is 75.6 Å². The number of aromatic carboxylic acids is 1. The van der Waals surface area contributed by atoms with Crippen LogP contribution in [0.15, 0.2) is 18.2 Å². The standard InChI is InChI=1S/C13H15NO4/c1-8-6-10(3-4-11(8)13(16)17)18-7-9-2-5-12(15)14-9/h3-4,6,9H,2,5,7H2,1H3,(H,14,15)(H,16,17). The van der Waals surface area contributed by atoms with E-state index >= 15 is 0 Å². The molecular formula is C13H15NO4. The molecule has 1 amide bonds. The molecular weight excluding hydrogens is 234 g/mol. The van der Waals surface area contributed by atoms with E-state index in [0.29, 0.717) is 24.3 Å². The van der Waals surface area contributed by atoms with Crippen molar-refractivity contribution < 1.29 is 19.4 Å². The Morgan fingerprint density at radius 1 is 1.56 bits per heavy atom. The maximum absolute atomic E-state index is 11.0. The number of ether oxygens (including phenoxy) is 1. The highest BCUT2D eigenvalue weighted by Crippen LogP contribution is 2.18. The minimum absolute atomic E-state index is 0.0527. The molecule has 0 radical (unpaired) electrons. The third-order valence-electron chi connectivity index (χ3n) is 2.96. The van der Waals surface area contributed by atoms with Crippen LogP contribution in [0.1, 0.15) is 28.8 Å². The summed E-state index contributed by atoms with van der Waals surface area (Å²) in [5.74, 6) is -0.262. The van der Waals surface area contributed by atoms with Crippen molar-refractivity contribution in [3.8, 4) is 5.75 Å². The molecule has 2 rings (SSSR count). The summed E-state index contributed by atoms with van der Waals surface area (Å²) in [6, 6.07) is 4.91. The molecule has 1 aromatic carbocycles. The lowest BCUT2D eigenvalue weighted by atomic mass is 10.1. The van der Waals surface area contributed by atoms with Gasteiger partial charge < -0.3 is 15.2 Å². The number of carbonyl (C=O) groups is 2. The smallest absolute Gasteiger partial charge is 0.335 e. The Hall–Kier alpha value is -2.04. The summed E-state index contributed by atoms with van der Waals surface area (Å²) in [6.45, 7) is 2.14. The molecule has 0 aliphatic carbocycles. The second-order valence-corrected chi connectivity index (χ2v) is 4.40. The van der Waals surface area contributed by atoms with Crippen LogP contribution in [-0.4, -0.2) is 29.6 Å². The lowest BCUT2D eigenvalue weighted by Crippen LogP contribution is -2.30. The molecule has 1 aromatic rings. The molecule has 0 spiro atoms. The first-order chi connectivity index (χ1) is 8.56. The highest BCUT2D eigenvalue weighted by Gasteiger charge is 2.21. The van der Waals surface area contributed by atoms with Gasteiger partial charge in [-0.3, -0.25) is 4.79 Å². The van der Waals surface area contributed by atoms with Gasteiger partial charge in [0.2, 0.25) is 5.91 Å². The Labute approximate surface area is 105 Å². The van der Waals surface area contributed by atoms with Gasteiger partial charge in [0, 0.05) is 6.42 Å². The van der Waals surface area contributed by atoms with Gasteiger partial charge in [0.25, 0.3) is 0 Å². The van der Waals surface area contributed by atoms with E-state index < -0.39 is 5.97 Å². The molecule has 1 unspecified atom stereocenters. The molecule has 0 bridgehead atoms. The van der Waals surface area contributed by atoms with Gasteiger partial charge in [0.05, 0.1) is 11.6 Å². The van der Waals surface area contributed by atoms with Gasteiger partial charge in [-0.25, -0.2) is 4.79 Å². The van der Waals surface area contributed by atoms with Crippen molar-refractivity contribution in [1.29, 1.82) is 0 Å². The zero-order chi connectivity index (χ0) is 13.1. The van der Waals surface area contributed by atoms with E-state index in [2.05, 4.69) is 5.32 Å². The second kappa shape index (κ2) is 5.08. The Kier molecular flexibility index (Phi) is 3.50. The quantitative estimate of drug-likeness (QED) is 0.844. The fraction of sp³-hybridized carbons (Fsp3) is 0.385. The van der Waals surface area contributed by atoms with Crippen LogP contribution in [0.3, 0.4) is 0 Å². The van der Waals surface area contributed by atoms with Gasteiger partial charge >= 0.3 is 5.97 Å². The van der Waals surface area contributed by atoms with E-state index in [1.807, 2.05) is 0 Å². The third kappa shape index (κ3) is 2.80. The first-order valence-corrected chi connectivity index (χ1v) is 5.82. The number of hydrogen-bond donors (Lipinski definition) is 2. The van der Waals surface area contributed by atoms with Crippen molar-refractivity contribution in [2.45, 2.75) is 25.8 Å². The average molecular weight is 249 g/mol. The fourth-order valence-corrected chi connectivity index (χ4v) is 1.97. The Morgan fingerprint density at radius 2 is 2.33 bits per heavy atom. The number of carboxylic acids is 1. The molecule has 18 heavy (non-hydrogen) atoms. The first kappa shape index (κ1) is 12.4. The zero-order valence-corrected chi connectivity index (χ0v) is 10.1. The summed E-state index contributed by atoms with van der Waals surface area (Å²) in [6.07, 6.45) is 1.33. The number of amides is 1. The number of benzene rings is 1. The van der Waals surface area contributed by atoms with Crippen molar-refractivity contribution in [2.75, 3.05) is 6.61 Å². The largest absolute Gasteiger partial charge is 0.491 e. The normalized spacial score (nSPS) is 18.5. The van der Waals surface area contributed by atoms with Crippen LogP contribution in [0.5, 0.6) is 5.75 Å². The molecule has 5 heteroatoms. The summed E-state index contributed by atoms with van der Waals surface area (Å²) in [7, 11) is 0.